The molecule has 0 unspecified atom stereocenters. The average molecular weight is 374 g/mol. The molecular formula is C19H17Cl2N3O. The molecule has 2 aromatic carbocycles. The van der Waals surface area contributed by atoms with Gasteiger partial charge in [-0.3, -0.25) is 4.79 Å². The molecule has 0 atom stereocenters. The van der Waals surface area contributed by atoms with E-state index in [0.717, 1.165) is 29.0 Å². The summed E-state index contributed by atoms with van der Waals surface area (Å²) in [6.07, 6.45) is 3.17. The summed E-state index contributed by atoms with van der Waals surface area (Å²) in [4.78, 5) is 16.6. The molecule has 1 amide bonds. The third kappa shape index (κ3) is 4.03. The second-order valence-corrected chi connectivity index (χ2v) is 6.30. The number of aryl methyl sites for hydroxylation is 1. The summed E-state index contributed by atoms with van der Waals surface area (Å²) < 4.78 is 2.10. The average Bonchev–Trinajstić information content (AvgIpc) is 2.98. The van der Waals surface area contributed by atoms with Gasteiger partial charge >= 0.3 is 0 Å². The van der Waals surface area contributed by atoms with Crippen LogP contribution in [0.1, 0.15) is 18.3 Å². The number of nitrogens with one attached hydrogen (secondary N) is 1. The SMILES string of the molecule is CCn1c(CNC(=O)C=Cc2ccc(Cl)c(Cl)c2)nc2ccccc21. The largest absolute Gasteiger partial charge is 0.345 e. The topological polar surface area (TPSA) is 46.9 Å². The Morgan fingerprint density at radius 2 is 2.00 bits per heavy atom. The highest BCUT2D eigenvalue weighted by atomic mass is 35.5. The Morgan fingerprint density at radius 3 is 2.76 bits per heavy atom. The number of amides is 1. The van der Waals surface area contributed by atoms with E-state index in [0.29, 0.717) is 16.6 Å². The minimum absolute atomic E-state index is 0.194. The number of benzene rings is 2. The molecule has 0 aliphatic rings. The molecule has 0 saturated carbocycles. The predicted molar refractivity (Wildman–Crippen MR) is 103 cm³/mol. The van der Waals surface area contributed by atoms with Gasteiger partial charge in [0.1, 0.15) is 5.82 Å². The first-order valence-electron chi connectivity index (χ1n) is 7.93. The smallest absolute Gasteiger partial charge is 0.244 e. The van der Waals surface area contributed by atoms with Crippen LogP contribution in [-0.4, -0.2) is 15.5 Å². The Kier molecular flexibility index (Phi) is 5.41. The quantitative estimate of drug-likeness (QED) is 0.659. The molecular weight excluding hydrogens is 357 g/mol. The van der Waals surface area contributed by atoms with E-state index in [-0.39, 0.29) is 5.91 Å². The first kappa shape index (κ1) is 17.5. The Balaban J connectivity index is 1.68. The third-order valence-electron chi connectivity index (χ3n) is 3.84. The minimum Gasteiger partial charge on any atom is -0.345 e. The summed E-state index contributed by atoms with van der Waals surface area (Å²) in [6, 6.07) is 13.2. The van der Waals surface area contributed by atoms with Crippen LogP contribution in [0.5, 0.6) is 0 Å². The van der Waals surface area contributed by atoms with Crippen LogP contribution in [-0.2, 0) is 17.9 Å². The zero-order chi connectivity index (χ0) is 17.8. The summed E-state index contributed by atoms with van der Waals surface area (Å²) in [7, 11) is 0. The van der Waals surface area contributed by atoms with Gasteiger partial charge in [0.15, 0.2) is 0 Å². The normalized spacial score (nSPS) is 11.3. The van der Waals surface area contributed by atoms with Crippen molar-refractivity contribution in [2.75, 3.05) is 0 Å². The predicted octanol–water partition coefficient (Wildman–Crippen LogP) is 4.69. The molecule has 6 heteroatoms. The molecule has 1 N–H and O–H groups in total. The van der Waals surface area contributed by atoms with E-state index in [1.54, 1.807) is 24.3 Å². The molecule has 3 rings (SSSR count). The number of rotatable bonds is 5. The van der Waals surface area contributed by atoms with Crippen molar-refractivity contribution in [2.45, 2.75) is 20.0 Å². The lowest BCUT2D eigenvalue weighted by molar-refractivity contribution is -0.116. The van der Waals surface area contributed by atoms with E-state index in [1.807, 2.05) is 24.3 Å². The van der Waals surface area contributed by atoms with Crippen LogP contribution in [0.3, 0.4) is 0 Å². The van der Waals surface area contributed by atoms with Gasteiger partial charge in [0.05, 0.1) is 27.6 Å². The first-order chi connectivity index (χ1) is 12.1. The van der Waals surface area contributed by atoms with Gasteiger partial charge in [-0.05, 0) is 42.8 Å². The van der Waals surface area contributed by atoms with E-state index in [4.69, 9.17) is 23.2 Å². The molecule has 1 heterocycles. The molecule has 0 bridgehead atoms. The van der Waals surface area contributed by atoms with Gasteiger partial charge < -0.3 is 9.88 Å². The number of hydrogen-bond donors (Lipinski definition) is 1. The number of aromatic nitrogens is 2. The number of para-hydroxylation sites is 2. The molecule has 0 saturated heterocycles. The summed E-state index contributed by atoms with van der Waals surface area (Å²) >= 11 is 11.8. The van der Waals surface area contributed by atoms with Crippen molar-refractivity contribution in [3.63, 3.8) is 0 Å². The third-order valence-corrected chi connectivity index (χ3v) is 4.58. The van der Waals surface area contributed by atoms with Crippen LogP contribution in [0, 0.1) is 0 Å². The lowest BCUT2D eigenvalue weighted by Gasteiger charge is -2.06. The van der Waals surface area contributed by atoms with Crippen molar-refractivity contribution in [1.82, 2.24) is 14.9 Å². The number of nitrogens with zero attached hydrogens (tertiary/aromatic N) is 2. The Labute approximate surface area is 156 Å². The zero-order valence-corrected chi connectivity index (χ0v) is 15.2. The fraction of sp³-hybridized carbons (Fsp3) is 0.158. The summed E-state index contributed by atoms with van der Waals surface area (Å²) in [5, 5.41) is 3.81. The molecule has 0 radical (unpaired) electrons. The van der Waals surface area contributed by atoms with Gasteiger partial charge in [0.25, 0.3) is 0 Å². The molecule has 3 aromatic rings. The van der Waals surface area contributed by atoms with Gasteiger partial charge in [-0.15, -0.1) is 0 Å². The maximum atomic E-state index is 12.1. The lowest BCUT2D eigenvalue weighted by Crippen LogP contribution is -2.22. The van der Waals surface area contributed by atoms with Crippen molar-refractivity contribution in [2.24, 2.45) is 0 Å². The second kappa shape index (κ2) is 7.72. The molecule has 128 valence electrons. The Bertz CT molecular complexity index is 947. The summed E-state index contributed by atoms with van der Waals surface area (Å²) in [5.41, 5.74) is 2.81. The van der Waals surface area contributed by atoms with Crippen molar-refractivity contribution in [1.29, 1.82) is 0 Å². The van der Waals surface area contributed by atoms with Gasteiger partial charge in [-0.1, -0.05) is 41.4 Å². The van der Waals surface area contributed by atoms with E-state index < -0.39 is 0 Å². The molecule has 0 spiro atoms. The van der Waals surface area contributed by atoms with E-state index in [9.17, 15) is 4.79 Å². The number of imidazole rings is 1. The summed E-state index contributed by atoms with van der Waals surface area (Å²) in [6.45, 7) is 3.22. The van der Waals surface area contributed by atoms with Crippen LogP contribution >= 0.6 is 23.2 Å². The standard InChI is InChI=1S/C19H17Cl2N3O/c1-2-24-17-6-4-3-5-16(17)23-18(24)12-22-19(25)10-8-13-7-9-14(20)15(21)11-13/h3-11H,2,12H2,1H3,(H,22,25). The minimum atomic E-state index is -0.194. The molecule has 0 aliphatic heterocycles. The highest BCUT2D eigenvalue weighted by Gasteiger charge is 2.09. The van der Waals surface area contributed by atoms with Crippen molar-refractivity contribution in [3.8, 4) is 0 Å². The molecule has 0 fully saturated rings. The monoisotopic (exact) mass is 373 g/mol. The first-order valence-corrected chi connectivity index (χ1v) is 8.69. The second-order valence-electron chi connectivity index (χ2n) is 5.49. The lowest BCUT2D eigenvalue weighted by atomic mass is 10.2. The number of halogens is 2. The Morgan fingerprint density at radius 1 is 1.20 bits per heavy atom. The van der Waals surface area contributed by atoms with E-state index in [1.165, 1.54) is 6.08 Å². The maximum absolute atomic E-state index is 12.1. The Hall–Kier alpha value is -2.30. The van der Waals surface area contributed by atoms with E-state index in [2.05, 4.69) is 21.8 Å². The maximum Gasteiger partial charge on any atom is 0.244 e. The fourth-order valence-corrected chi connectivity index (χ4v) is 2.93. The van der Waals surface area contributed by atoms with Crippen LogP contribution in [0.2, 0.25) is 10.0 Å². The van der Waals surface area contributed by atoms with Crippen molar-refractivity contribution >= 4 is 46.2 Å². The fourth-order valence-electron chi connectivity index (χ4n) is 2.63. The molecule has 0 aliphatic carbocycles. The highest BCUT2D eigenvalue weighted by Crippen LogP contribution is 2.23. The number of hydrogen-bond acceptors (Lipinski definition) is 2. The van der Waals surface area contributed by atoms with Gasteiger partial charge in [-0.2, -0.15) is 0 Å². The highest BCUT2D eigenvalue weighted by molar-refractivity contribution is 6.42. The number of fused-ring (bicyclic) bond motifs is 1. The van der Waals surface area contributed by atoms with Crippen LogP contribution in [0.4, 0.5) is 0 Å². The van der Waals surface area contributed by atoms with Crippen molar-refractivity contribution < 1.29 is 4.79 Å². The van der Waals surface area contributed by atoms with Crippen LogP contribution < -0.4 is 5.32 Å². The zero-order valence-electron chi connectivity index (χ0n) is 13.7. The molecule has 25 heavy (non-hydrogen) atoms. The van der Waals surface area contributed by atoms with Crippen LogP contribution in [0.15, 0.2) is 48.5 Å². The summed E-state index contributed by atoms with van der Waals surface area (Å²) in [5.74, 6) is 0.640. The molecule has 4 nitrogen and oxygen atoms in total. The van der Waals surface area contributed by atoms with Gasteiger partial charge in [-0.25, -0.2) is 4.98 Å². The van der Waals surface area contributed by atoms with Gasteiger partial charge in [0, 0.05) is 12.6 Å². The number of carbonyl (C=O) groups excluding carboxylic acids is 1. The van der Waals surface area contributed by atoms with Crippen LogP contribution in [0.25, 0.3) is 17.1 Å². The van der Waals surface area contributed by atoms with Crippen molar-refractivity contribution in [3.05, 3.63) is 70.0 Å². The number of carbonyl (C=O) groups is 1. The van der Waals surface area contributed by atoms with E-state index >= 15 is 0 Å². The van der Waals surface area contributed by atoms with Gasteiger partial charge in [0.2, 0.25) is 5.91 Å². The molecule has 1 aromatic heterocycles.